The van der Waals surface area contributed by atoms with Gasteiger partial charge in [-0.1, -0.05) is 12.1 Å². The summed E-state index contributed by atoms with van der Waals surface area (Å²) in [5, 5.41) is 24.4. The summed E-state index contributed by atoms with van der Waals surface area (Å²) < 4.78 is 11.5. The van der Waals surface area contributed by atoms with E-state index in [9.17, 15) is 0 Å². The van der Waals surface area contributed by atoms with Crippen LogP contribution in [0.4, 0.5) is 0 Å². The fourth-order valence-corrected chi connectivity index (χ4v) is 3.02. The summed E-state index contributed by atoms with van der Waals surface area (Å²) >= 11 is 0. The van der Waals surface area contributed by atoms with Crippen LogP contribution in [0.1, 0.15) is 32.3 Å². The maximum absolute atomic E-state index is 8.87. The third kappa shape index (κ3) is 5.81. The van der Waals surface area contributed by atoms with Crippen molar-refractivity contribution < 1.29 is 9.47 Å². The van der Waals surface area contributed by atoms with Crippen molar-refractivity contribution in [3.63, 3.8) is 0 Å². The molecule has 1 aromatic rings. The minimum atomic E-state index is -0.539. The monoisotopic (exact) mass is 411 g/mol. The molecule has 5 N–H and O–H groups in total. The highest BCUT2D eigenvalue weighted by atomic mass is 16.5. The number of amidine groups is 1. The lowest BCUT2D eigenvalue weighted by molar-refractivity contribution is 0.288. The second kappa shape index (κ2) is 11.0. The fraction of sp³-hybridized carbons (Fsp3) is 0.429. The number of aliphatic imine (C=N–C) groups is 1. The highest BCUT2D eigenvalue weighted by molar-refractivity contribution is 6.30. The third-order valence-corrected chi connectivity index (χ3v) is 4.55. The van der Waals surface area contributed by atoms with Crippen LogP contribution in [0.3, 0.4) is 0 Å². The molecule has 0 bridgehead atoms. The van der Waals surface area contributed by atoms with Crippen LogP contribution in [-0.4, -0.2) is 44.6 Å². The van der Waals surface area contributed by atoms with E-state index in [0.717, 1.165) is 17.7 Å². The predicted molar refractivity (Wildman–Crippen MR) is 118 cm³/mol. The van der Waals surface area contributed by atoms with Crippen LogP contribution in [0, 0.1) is 16.7 Å². The molecule has 1 heterocycles. The lowest BCUT2D eigenvalue weighted by Gasteiger charge is -2.28. The Balaban J connectivity index is 2.07. The van der Waals surface area contributed by atoms with Crippen molar-refractivity contribution >= 4 is 17.8 Å². The standard InChI is InChI=1S/C21H29N7O2/c1-4-16(12-23)25-13-15(24)14-26-19-11-21(2,28-27-19)20-17(29-3)7-5-8-18(20)30-10-6-9-22/h4-5,7-8,13,24,28H,6,9-11,14,22H2,1-3H3,(H,26,27)/b16-4-,24-15?,25-13-. The van der Waals surface area contributed by atoms with Crippen LogP contribution in [-0.2, 0) is 5.54 Å². The summed E-state index contributed by atoms with van der Waals surface area (Å²) in [5.74, 6) is 2.15. The average Bonchev–Trinajstić information content (AvgIpc) is 3.14. The Bertz CT molecular complexity index is 886. The second-order valence-electron chi connectivity index (χ2n) is 6.93. The molecular weight excluding hydrogens is 382 g/mol. The molecule has 9 heteroatoms. The minimum Gasteiger partial charge on any atom is -0.496 e. The zero-order chi connectivity index (χ0) is 22.0. The van der Waals surface area contributed by atoms with Gasteiger partial charge in [-0.05, 0) is 38.9 Å². The number of hydrazone groups is 1. The topological polar surface area (TPSA) is 141 Å². The maximum Gasteiger partial charge on any atom is 0.136 e. The number of nitrogens with one attached hydrogen (secondary N) is 3. The van der Waals surface area contributed by atoms with E-state index in [1.165, 1.54) is 6.21 Å². The Morgan fingerprint density at radius 1 is 1.50 bits per heavy atom. The van der Waals surface area contributed by atoms with Crippen molar-refractivity contribution in [1.29, 1.82) is 10.7 Å². The van der Waals surface area contributed by atoms with Crippen LogP contribution < -0.4 is 25.9 Å². The van der Waals surface area contributed by atoms with Gasteiger partial charge in [0.15, 0.2) is 0 Å². The molecule has 0 aromatic heterocycles. The van der Waals surface area contributed by atoms with Gasteiger partial charge >= 0.3 is 0 Å². The molecule has 0 saturated carbocycles. The van der Waals surface area contributed by atoms with Crippen molar-refractivity contribution in [2.75, 3.05) is 26.8 Å². The maximum atomic E-state index is 8.87. The van der Waals surface area contributed by atoms with Crippen LogP contribution in [0.25, 0.3) is 0 Å². The molecule has 1 unspecified atom stereocenters. The molecule has 2 rings (SSSR count). The van der Waals surface area contributed by atoms with Crippen molar-refractivity contribution in [1.82, 2.24) is 10.7 Å². The SMILES string of the molecule is C/C=C(C#N)\N=C/C(=N)CNC1=NNC(C)(c2c(OC)cccc2OCCCN)C1. The first-order chi connectivity index (χ1) is 14.5. The molecule has 9 nitrogen and oxygen atoms in total. The molecule has 1 atom stereocenters. The smallest absolute Gasteiger partial charge is 0.136 e. The molecule has 1 aromatic carbocycles. The zero-order valence-electron chi connectivity index (χ0n) is 17.7. The quantitative estimate of drug-likeness (QED) is 0.264. The Labute approximate surface area is 177 Å². The van der Waals surface area contributed by atoms with Crippen molar-refractivity contribution in [3.8, 4) is 17.6 Å². The fourth-order valence-electron chi connectivity index (χ4n) is 3.02. The number of hydrogen-bond donors (Lipinski definition) is 4. The first kappa shape index (κ1) is 22.9. The molecule has 0 spiro atoms. The van der Waals surface area contributed by atoms with Crippen molar-refractivity contribution in [2.24, 2.45) is 15.8 Å². The number of ether oxygens (including phenoxy) is 2. The normalized spacial score (nSPS) is 18.5. The van der Waals surface area contributed by atoms with Gasteiger partial charge in [0, 0.05) is 6.42 Å². The summed E-state index contributed by atoms with van der Waals surface area (Å²) in [6.45, 7) is 5.08. The number of hydrogen-bond acceptors (Lipinski definition) is 9. The number of methoxy groups -OCH3 is 1. The minimum absolute atomic E-state index is 0.240. The van der Waals surface area contributed by atoms with E-state index in [1.807, 2.05) is 31.2 Å². The number of nitrogens with two attached hydrogens (primary N) is 1. The summed E-state index contributed by atoms with van der Waals surface area (Å²) in [5.41, 5.74) is 9.61. The molecule has 0 radical (unpaired) electrons. The van der Waals surface area contributed by atoms with Gasteiger partial charge in [0.05, 0.1) is 43.3 Å². The molecule has 0 amide bonds. The molecule has 1 aliphatic heterocycles. The van der Waals surface area contributed by atoms with Gasteiger partial charge in [-0.3, -0.25) is 5.43 Å². The Morgan fingerprint density at radius 3 is 2.93 bits per heavy atom. The lowest BCUT2D eigenvalue weighted by atomic mass is 9.88. The Hall–Kier alpha value is -3.38. The van der Waals surface area contributed by atoms with E-state index in [4.69, 9.17) is 25.9 Å². The van der Waals surface area contributed by atoms with E-state index >= 15 is 0 Å². The number of nitriles is 1. The van der Waals surface area contributed by atoms with E-state index in [-0.39, 0.29) is 18.0 Å². The average molecular weight is 412 g/mol. The van der Waals surface area contributed by atoms with Gasteiger partial charge < -0.3 is 25.9 Å². The molecule has 160 valence electrons. The number of rotatable bonds is 10. The summed E-state index contributed by atoms with van der Waals surface area (Å²) in [6.07, 6.45) is 4.27. The highest BCUT2D eigenvalue weighted by Gasteiger charge is 2.38. The van der Waals surface area contributed by atoms with Gasteiger partial charge in [0.25, 0.3) is 0 Å². The molecule has 1 aliphatic rings. The molecular formula is C21H29N7O2. The summed E-state index contributed by atoms with van der Waals surface area (Å²) in [7, 11) is 1.63. The van der Waals surface area contributed by atoms with Crippen LogP contribution in [0.15, 0.2) is 40.1 Å². The van der Waals surface area contributed by atoms with Crippen LogP contribution in [0.2, 0.25) is 0 Å². The summed E-state index contributed by atoms with van der Waals surface area (Å²) in [4.78, 5) is 3.96. The van der Waals surface area contributed by atoms with E-state index in [1.54, 1.807) is 20.1 Å². The van der Waals surface area contributed by atoms with E-state index in [2.05, 4.69) is 20.8 Å². The predicted octanol–water partition coefficient (Wildman–Crippen LogP) is 2.05. The van der Waals surface area contributed by atoms with E-state index in [0.29, 0.717) is 31.2 Å². The molecule has 0 aliphatic carbocycles. The summed E-state index contributed by atoms with van der Waals surface area (Å²) in [6, 6.07) is 7.64. The first-order valence-electron chi connectivity index (χ1n) is 9.73. The van der Waals surface area contributed by atoms with Gasteiger partial charge in [0.1, 0.15) is 29.1 Å². The lowest BCUT2D eigenvalue weighted by Crippen LogP contribution is -2.35. The van der Waals surface area contributed by atoms with Crippen LogP contribution >= 0.6 is 0 Å². The van der Waals surface area contributed by atoms with Crippen molar-refractivity contribution in [2.45, 2.75) is 32.2 Å². The van der Waals surface area contributed by atoms with Gasteiger partial charge in [0.2, 0.25) is 0 Å². The largest absolute Gasteiger partial charge is 0.496 e. The van der Waals surface area contributed by atoms with Gasteiger partial charge in [-0.25, -0.2) is 4.99 Å². The van der Waals surface area contributed by atoms with Crippen LogP contribution in [0.5, 0.6) is 11.5 Å². The number of allylic oxidation sites excluding steroid dienone is 2. The molecule has 0 saturated heterocycles. The Morgan fingerprint density at radius 2 is 2.27 bits per heavy atom. The zero-order valence-corrected chi connectivity index (χ0v) is 17.7. The molecule has 0 fully saturated rings. The molecule has 30 heavy (non-hydrogen) atoms. The number of benzene rings is 1. The third-order valence-electron chi connectivity index (χ3n) is 4.55. The first-order valence-corrected chi connectivity index (χ1v) is 9.73. The Kier molecular flexibility index (Phi) is 8.38. The second-order valence-corrected chi connectivity index (χ2v) is 6.93. The number of nitrogens with zero attached hydrogens (tertiary/aromatic N) is 3. The highest BCUT2D eigenvalue weighted by Crippen LogP contribution is 2.41. The van der Waals surface area contributed by atoms with Crippen molar-refractivity contribution in [3.05, 3.63) is 35.5 Å². The van der Waals surface area contributed by atoms with E-state index < -0.39 is 5.54 Å². The van der Waals surface area contributed by atoms with Gasteiger partial charge in [-0.2, -0.15) is 10.4 Å². The van der Waals surface area contributed by atoms with Gasteiger partial charge in [-0.15, -0.1) is 0 Å².